The zero-order valence-electron chi connectivity index (χ0n) is 14.0. The van der Waals surface area contributed by atoms with Gasteiger partial charge in [0.25, 0.3) is 0 Å². The summed E-state index contributed by atoms with van der Waals surface area (Å²) in [7, 11) is -2.30. The van der Waals surface area contributed by atoms with Crippen LogP contribution in [-0.4, -0.2) is 37.4 Å². The van der Waals surface area contributed by atoms with Gasteiger partial charge >= 0.3 is 6.01 Å². The van der Waals surface area contributed by atoms with Crippen LogP contribution in [0, 0.1) is 0 Å². The van der Waals surface area contributed by atoms with Gasteiger partial charge in [0, 0.05) is 10.6 Å². The topological polar surface area (TPSA) is 111 Å². The van der Waals surface area contributed by atoms with Crippen molar-refractivity contribution in [2.45, 2.75) is 4.90 Å². The summed E-state index contributed by atoms with van der Waals surface area (Å²) in [5, 5.41) is 10.2. The van der Waals surface area contributed by atoms with Crippen molar-refractivity contribution in [1.82, 2.24) is 10.2 Å². The zero-order chi connectivity index (χ0) is 19.4. The zero-order valence-corrected chi connectivity index (χ0v) is 15.6. The summed E-state index contributed by atoms with van der Waals surface area (Å²) in [4.78, 5) is 12.0. The van der Waals surface area contributed by atoms with Crippen molar-refractivity contribution < 1.29 is 22.4 Å². The predicted molar refractivity (Wildman–Crippen MR) is 98.4 cm³/mol. The number of nitrogens with zero attached hydrogens (tertiary/aromatic N) is 2. The number of aromatic nitrogens is 2. The van der Waals surface area contributed by atoms with Crippen molar-refractivity contribution >= 4 is 33.4 Å². The lowest BCUT2D eigenvalue weighted by molar-refractivity contribution is -0.114. The van der Waals surface area contributed by atoms with Gasteiger partial charge in [-0.15, -0.1) is 5.10 Å². The number of amides is 1. The Kier molecular flexibility index (Phi) is 5.43. The second-order valence-corrected chi connectivity index (χ2v) is 7.83. The average molecular weight is 408 g/mol. The minimum Gasteiger partial charge on any atom is -0.497 e. The molecule has 0 spiro atoms. The number of carbonyl (C=O) groups excluding carboxylic acids is 1. The third-order valence-electron chi connectivity index (χ3n) is 3.48. The molecule has 3 rings (SSSR count). The Morgan fingerprint density at radius 2 is 1.93 bits per heavy atom. The Hall–Kier alpha value is -2.91. The highest BCUT2D eigenvalue weighted by Gasteiger charge is 2.21. The van der Waals surface area contributed by atoms with Gasteiger partial charge in [-0.1, -0.05) is 22.8 Å². The molecule has 1 amide bonds. The Labute approximate surface area is 160 Å². The number of rotatable bonds is 6. The molecule has 1 heterocycles. The number of nitrogens with one attached hydrogen (secondary N) is 1. The normalized spacial score (nSPS) is 11.2. The first-order chi connectivity index (χ1) is 12.9. The van der Waals surface area contributed by atoms with Crippen LogP contribution in [0.5, 0.6) is 5.75 Å². The average Bonchev–Trinajstić information content (AvgIpc) is 3.10. The number of sulfone groups is 1. The van der Waals surface area contributed by atoms with Crippen molar-refractivity contribution in [3.05, 3.63) is 53.6 Å². The van der Waals surface area contributed by atoms with Crippen LogP contribution in [0.3, 0.4) is 0 Å². The summed E-state index contributed by atoms with van der Waals surface area (Å²) in [5.74, 6) is -0.813. The molecule has 1 aromatic heterocycles. The highest BCUT2D eigenvalue weighted by Crippen LogP contribution is 2.24. The first-order valence-electron chi connectivity index (χ1n) is 7.63. The molecule has 27 heavy (non-hydrogen) atoms. The second-order valence-electron chi connectivity index (χ2n) is 5.41. The molecule has 0 fully saturated rings. The van der Waals surface area contributed by atoms with Crippen molar-refractivity contribution in [2.24, 2.45) is 0 Å². The molecule has 10 heteroatoms. The van der Waals surface area contributed by atoms with Crippen molar-refractivity contribution in [2.75, 3.05) is 18.2 Å². The molecular weight excluding hydrogens is 394 g/mol. The van der Waals surface area contributed by atoms with Crippen LogP contribution in [0.4, 0.5) is 6.01 Å². The maximum absolute atomic E-state index is 12.3. The molecular formula is C17H14ClN3O5S. The lowest BCUT2D eigenvalue weighted by Gasteiger charge is -2.04. The number of methoxy groups -OCH3 is 1. The molecule has 140 valence electrons. The third kappa shape index (κ3) is 4.63. The first-order valence-corrected chi connectivity index (χ1v) is 9.66. The molecule has 0 saturated carbocycles. The smallest absolute Gasteiger partial charge is 0.322 e. The summed E-state index contributed by atoms with van der Waals surface area (Å²) in [6.07, 6.45) is 0. The maximum Gasteiger partial charge on any atom is 0.322 e. The van der Waals surface area contributed by atoms with E-state index in [-0.39, 0.29) is 16.8 Å². The molecule has 0 atom stereocenters. The summed E-state index contributed by atoms with van der Waals surface area (Å²) in [5.41, 5.74) is 0.594. The lowest BCUT2D eigenvalue weighted by atomic mass is 10.2. The van der Waals surface area contributed by atoms with E-state index in [4.69, 9.17) is 20.8 Å². The van der Waals surface area contributed by atoms with Gasteiger partial charge in [-0.25, -0.2) is 8.42 Å². The van der Waals surface area contributed by atoms with Gasteiger partial charge < -0.3 is 9.15 Å². The van der Waals surface area contributed by atoms with Crippen LogP contribution < -0.4 is 10.1 Å². The van der Waals surface area contributed by atoms with E-state index in [1.807, 2.05) is 0 Å². The fourth-order valence-corrected chi connectivity index (χ4v) is 3.46. The number of benzene rings is 2. The molecule has 0 aliphatic heterocycles. The van der Waals surface area contributed by atoms with Crippen molar-refractivity contribution in [3.8, 4) is 17.2 Å². The molecule has 1 N–H and O–H groups in total. The number of ether oxygens (including phenoxy) is 1. The SMILES string of the molecule is COc1cccc(-c2nnc(NC(=O)CS(=O)(=O)c3ccc(Cl)cc3)o2)c1. The van der Waals surface area contributed by atoms with Gasteiger partial charge in [0.2, 0.25) is 11.8 Å². The summed E-state index contributed by atoms with van der Waals surface area (Å²) >= 11 is 5.74. The molecule has 0 bridgehead atoms. The van der Waals surface area contributed by atoms with E-state index >= 15 is 0 Å². The standard InChI is InChI=1S/C17H14ClN3O5S/c1-25-13-4-2-3-11(9-13)16-20-21-17(26-16)19-15(22)10-27(23,24)14-7-5-12(18)6-8-14/h2-9H,10H2,1H3,(H,19,21,22). The van der Waals surface area contributed by atoms with E-state index in [1.165, 1.54) is 31.4 Å². The summed E-state index contributed by atoms with van der Waals surface area (Å²) in [6, 6.07) is 12.2. The van der Waals surface area contributed by atoms with E-state index in [0.717, 1.165) is 0 Å². The maximum atomic E-state index is 12.3. The largest absolute Gasteiger partial charge is 0.497 e. The van der Waals surface area contributed by atoms with Gasteiger partial charge in [0.15, 0.2) is 9.84 Å². The van der Waals surface area contributed by atoms with Crippen molar-refractivity contribution in [3.63, 3.8) is 0 Å². The van der Waals surface area contributed by atoms with Gasteiger partial charge in [-0.2, -0.15) is 0 Å². The van der Waals surface area contributed by atoms with Gasteiger partial charge in [0.1, 0.15) is 11.5 Å². The van der Waals surface area contributed by atoms with E-state index in [1.54, 1.807) is 24.3 Å². The van der Waals surface area contributed by atoms with Crippen LogP contribution in [0.15, 0.2) is 57.8 Å². The number of anilines is 1. The quantitative estimate of drug-likeness (QED) is 0.668. The third-order valence-corrected chi connectivity index (χ3v) is 5.37. The van der Waals surface area contributed by atoms with Gasteiger partial charge in [-0.3, -0.25) is 10.1 Å². The predicted octanol–water partition coefficient (Wildman–Crippen LogP) is 2.81. The fourth-order valence-electron chi connectivity index (χ4n) is 2.20. The van der Waals surface area contributed by atoms with Gasteiger partial charge in [-0.05, 0) is 42.5 Å². The Morgan fingerprint density at radius 1 is 1.19 bits per heavy atom. The summed E-state index contributed by atoms with van der Waals surface area (Å²) in [6.45, 7) is 0. The Bertz CT molecular complexity index is 1060. The van der Waals surface area contributed by atoms with Crippen LogP contribution in [0.25, 0.3) is 11.5 Å². The molecule has 0 unspecified atom stereocenters. The number of hydrogen-bond donors (Lipinski definition) is 1. The fraction of sp³-hybridized carbons (Fsp3) is 0.118. The van der Waals surface area contributed by atoms with Crippen LogP contribution in [0.2, 0.25) is 5.02 Å². The Morgan fingerprint density at radius 3 is 2.63 bits per heavy atom. The minimum absolute atomic E-state index is 0.00958. The molecule has 0 aliphatic rings. The monoisotopic (exact) mass is 407 g/mol. The molecule has 0 aliphatic carbocycles. The Balaban J connectivity index is 1.69. The highest BCUT2D eigenvalue weighted by atomic mass is 35.5. The highest BCUT2D eigenvalue weighted by molar-refractivity contribution is 7.92. The van der Waals surface area contributed by atoms with Crippen LogP contribution in [0.1, 0.15) is 0 Å². The molecule has 2 aromatic carbocycles. The van der Waals surface area contributed by atoms with E-state index < -0.39 is 21.5 Å². The van der Waals surface area contributed by atoms with E-state index in [2.05, 4.69) is 15.5 Å². The summed E-state index contributed by atoms with van der Waals surface area (Å²) < 4.78 is 35.0. The molecule has 0 saturated heterocycles. The number of halogens is 1. The minimum atomic E-state index is -3.83. The first kappa shape index (κ1) is 18.9. The van der Waals surface area contributed by atoms with Gasteiger partial charge in [0.05, 0.1) is 12.0 Å². The van der Waals surface area contributed by atoms with E-state index in [9.17, 15) is 13.2 Å². The molecule has 0 radical (unpaired) electrons. The molecule has 8 nitrogen and oxygen atoms in total. The number of carbonyl (C=O) groups is 1. The van der Waals surface area contributed by atoms with E-state index in [0.29, 0.717) is 16.3 Å². The van der Waals surface area contributed by atoms with Crippen LogP contribution >= 0.6 is 11.6 Å². The molecule has 3 aromatic rings. The lowest BCUT2D eigenvalue weighted by Crippen LogP contribution is -2.23. The van der Waals surface area contributed by atoms with Crippen LogP contribution in [-0.2, 0) is 14.6 Å². The number of hydrogen-bond acceptors (Lipinski definition) is 7. The van der Waals surface area contributed by atoms with Crippen molar-refractivity contribution in [1.29, 1.82) is 0 Å². The second kappa shape index (κ2) is 7.77.